The second-order valence-corrected chi connectivity index (χ2v) is 5.54. The maximum atomic E-state index is 11.6. The van der Waals surface area contributed by atoms with Crippen LogP contribution >= 0.6 is 0 Å². The summed E-state index contributed by atoms with van der Waals surface area (Å²) in [6.07, 6.45) is 4.77. The van der Waals surface area contributed by atoms with Gasteiger partial charge in [0.2, 0.25) is 5.91 Å². The van der Waals surface area contributed by atoms with Crippen LogP contribution in [0.4, 0.5) is 4.79 Å². The number of rotatable bonds is 4. The predicted octanol–water partition coefficient (Wildman–Crippen LogP) is 1.37. The first kappa shape index (κ1) is 15.0. The molecule has 1 rings (SSSR count). The molecule has 3 atom stereocenters. The number of nitrogens with one attached hydrogen (secondary N) is 2. The number of primary amides is 1. The Morgan fingerprint density at radius 2 is 1.78 bits per heavy atom. The highest BCUT2D eigenvalue weighted by Gasteiger charge is 2.29. The highest BCUT2D eigenvalue weighted by Crippen LogP contribution is 2.30. The number of nitrogens with two attached hydrogens (primary N) is 1. The maximum Gasteiger partial charge on any atom is 0.318 e. The molecule has 0 bridgehead atoms. The Labute approximate surface area is 109 Å². The molecule has 0 heterocycles. The molecular weight excluding hydrogens is 230 g/mol. The highest BCUT2D eigenvalue weighted by atomic mass is 16.2. The number of carbonyl (C=O) groups excluding carboxylic acids is 2. The molecular formula is C13H25N3O2. The molecule has 18 heavy (non-hydrogen) atoms. The van der Waals surface area contributed by atoms with Crippen molar-refractivity contribution in [2.45, 2.75) is 58.5 Å². The number of hydrogen-bond donors (Lipinski definition) is 3. The van der Waals surface area contributed by atoms with E-state index in [1.165, 1.54) is 19.3 Å². The van der Waals surface area contributed by atoms with Gasteiger partial charge in [0.15, 0.2) is 0 Å². The largest absolute Gasteiger partial charge is 0.351 e. The molecule has 0 aromatic carbocycles. The SMILES string of the molecule is CC(NC1CCCCC1C(C)C)C(=O)NC(N)=O. The van der Waals surface area contributed by atoms with E-state index in [2.05, 4.69) is 24.5 Å². The summed E-state index contributed by atoms with van der Waals surface area (Å²) in [5, 5.41) is 5.45. The number of imide groups is 1. The fraction of sp³-hybridized carbons (Fsp3) is 0.846. The summed E-state index contributed by atoms with van der Waals surface area (Å²) >= 11 is 0. The molecule has 0 spiro atoms. The lowest BCUT2D eigenvalue weighted by molar-refractivity contribution is -0.122. The molecule has 0 radical (unpaired) electrons. The third-order valence-corrected chi connectivity index (χ3v) is 3.78. The fourth-order valence-corrected chi connectivity index (χ4v) is 2.79. The van der Waals surface area contributed by atoms with E-state index in [9.17, 15) is 9.59 Å². The summed E-state index contributed by atoms with van der Waals surface area (Å²) in [6.45, 7) is 6.21. The number of urea groups is 1. The minimum atomic E-state index is -0.794. The Balaban J connectivity index is 2.53. The zero-order valence-corrected chi connectivity index (χ0v) is 11.5. The normalized spacial score (nSPS) is 25.8. The van der Waals surface area contributed by atoms with Crippen LogP contribution in [0.2, 0.25) is 0 Å². The Kier molecular flexibility index (Phi) is 5.59. The Bertz CT molecular complexity index is 305. The van der Waals surface area contributed by atoms with Crippen LogP contribution in [0.25, 0.3) is 0 Å². The summed E-state index contributed by atoms with van der Waals surface area (Å²) in [5.41, 5.74) is 4.94. The molecule has 0 aromatic rings. The monoisotopic (exact) mass is 255 g/mol. The first-order valence-corrected chi connectivity index (χ1v) is 6.78. The lowest BCUT2D eigenvalue weighted by atomic mass is 9.77. The molecule has 1 fully saturated rings. The van der Waals surface area contributed by atoms with Gasteiger partial charge in [0.05, 0.1) is 6.04 Å². The van der Waals surface area contributed by atoms with Crippen LogP contribution in [-0.4, -0.2) is 24.0 Å². The minimum Gasteiger partial charge on any atom is -0.351 e. The molecule has 104 valence electrons. The van der Waals surface area contributed by atoms with Crippen molar-refractivity contribution in [3.05, 3.63) is 0 Å². The second kappa shape index (κ2) is 6.73. The molecule has 3 unspecified atom stereocenters. The smallest absolute Gasteiger partial charge is 0.318 e. The lowest BCUT2D eigenvalue weighted by Gasteiger charge is -2.36. The second-order valence-electron chi connectivity index (χ2n) is 5.54. The van der Waals surface area contributed by atoms with Crippen molar-refractivity contribution < 1.29 is 9.59 Å². The molecule has 5 nitrogen and oxygen atoms in total. The molecule has 5 heteroatoms. The van der Waals surface area contributed by atoms with Gasteiger partial charge in [0.1, 0.15) is 0 Å². The first-order valence-electron chi connectivity index (χ1n) is 6.78. The van der Waals surface area contributed by atoms with Gasteiger partial charge in [0, 0.05) is 6.04 Å². The van der Waals surface area contributed by atoms with Crippen LogP contribution in [0.15, 0.2) is 0 Å². The number of amides is 3. The van der Waals surface area contributed by atoms with Crippen LogP contribution in [0.5, 0.6) is 0 Å². The van der Waals surface area contributed by atoms with Crippen molar-refractivity contribution in [3.63, 3.8) is 0 Å². The van der Waals surface area contributed by atoms with Crippen LogP contribution in [-0.2, 0) is 4.79 Å². The zero-order valence-electron chi connectivity index (χ0n) is 11.5. The number of carbonyl (C=O) groups is 2. The highest BCUT2D eigenvalue weighted by molar-refractivity contribution is 5.96. The quantitative estimate of drug-likeness (QED) is 0.709. The predicted molar refractivity (Wildman–Crippen MR) is 70.9 cm³/mol. The molecule has 1 saturated carbocycles. The topological polar surface area (TPSA) is 84.2 Å². The third kappa shape index (κ3) is 4.29. The summed E-state index contributed by atoms with van der Waals surface area (Å²) in [6, 6.07) is -0.827. The van der Waals surface area contributed by atoms with E-state index in [0.717, 1.165) is 6.42 Å². The average molecular weight is 255 g/mol. The molecule has 3 amide bonds. The van der Waals surface area contributed by atoms with Crippen molar-refractivity contribution in [1.29, 1.82) is 0 Å². The van der Waals surface area contributed by atoms with E-state index >= 15 is 0 Å². The van der Waals surface area contributed by atoms with E-state index in [1.807, 2.05) is 0 Å². The van der Waals surface area contributed by atoms with E-state index in [4.69, 9.17) is 5.73 Å². The molecule has 4 N–H and O–H groups in total. The Morgan fingerprint density at radius 3 is 2.33 bits per heavy atom. The molecule has 1 aliphatic rings. The van der Waals surface area contributed by atoms with Crippen molar-refractivity contribution in [2.75, 3.05) is 0 Å². The van der Waals surface area contributed by atoms with Gasteiger partial charge in [-0.2, -0.15) is 0 Å². The number of hydrogen-bond acceptors (Lipinski definition) is 3. The van der Waals surface area contributed by atoms with Crippen LogP contribution in [0.3, 0.4) is 0 Å². The van der Waals surface area contributed by atoms with Gasteiger partial charge in [0.25, 0.3) is 0 Å². The van der Waals surface area contributed by atoms with Crippen molar-refractivity contribution >= 4 is 11.9 Å². The summed E-state index contributed by atoms with van der Waals surface area (Å²) in [7, 11) is 0. The Morgan fingerprint density at radius 1 is 1.17 bits per heavy atom. The Hall–Kier alpha value is -1.10. The van der Waals surface area contributed by atoms with Crippen LogP contribution < -0.4 is 16.4 Å². The van der Waals surface area contributed by atoms with Crippen molar-refractivity contribution in [2.24, 2.45) is 17.6 Å². The maximum absolute atomic E-state index is 11.6. The fourth-order valence-electron chi connectivity index (χ4n) is 2.79. The first-order chi connectivity index (χ1) is 8.41. The third-order valence-electron chi connectivity index (χ3n) is 3.78. The average Bonchev–Trinajstić information content (AvgIpc) is 2.28. The van der Waals surface area contributed by atoms with Crippen molar-refractivity contribution in [3.8, 4) is 0 Å². The van der Waals surface area contributed by atoms with E-state index in [1.54, 1.807) is 6.92 Å². The molecule has 0 saturated heterocycles. The van der Waals surface area contributed by atoms with Gasteiger partial charge in [-0.15, -0.1) is 0 Å². The summed E-state index contributed by atoms with van der Waals surface area (Å²) < 4.78 is 0. The van der Waals surface area contributed by atoms with Gasteiger partial charge in [-0.3, -0.25) is 10.1 Å². The molecule has 0 aliphatic heterocycles. The summed E-state index contributed by atoms with van der Waals surface area (Å²) in [4.78, 5) is 22.3. The standard InChI is InChI=1S/C13H25N3O2/c1-8(2)10-6-4-5-7-11(10)15-9(3)12(17)16-13(14)18/h8-11,15H,4-7H2,1-3H3,(H3,14,16,17,18). The van der Waals surface area contributed by atoms with Gasteiger partial charge in [-0.05, 0) is 31.6 Å². The lowest BCUT2D eigenvalue weighted by Crippen LogP contribution is -2.52. The van der Waals surface area contributed by atoms with Gasteiger partial charge in [-0.1, -0.05) is 26.7 Å². The van der Waals surface area contributed by atoms with Gasteiger partial charge >= 0.3 is 6.03 Å². The van der Waals surface area contributed by atoms with Gasteiger partial charge in [-0.25, -0.2) is 4.79 Å². The minimum absolute atomic E-state index is 0.351. The summed E-state index contributed by atoms with van der Waals surface area (Å²) in [5.74, 6) is 0.854. The molecule has 0 aromatic heterocycles. The van der Waals surface area contributed by atoms with Crippen LogP contribution in [0.1, 0.15) is 46.5 Å². The van der Waals surface area contributed by atoms with E-state index in [-0.39, 0.29) is 11.9 Å². The zero-order chi connectivity index (χ0) is 13.7. The molecule has 1 aliphatic carbocycles. The van der Waals surface area contributed by atoms with Gasteiger partial charge < -0.3 is 11.1 Å². The van der Waals surface area contributed by atoms with E-state index < -0.39 is 6.03 Å². The van der Waals surface area contributed by atoms with E-state index in [0.29, 0.717) is 17.9 Å². The van der Waals surface area contributed by atoms with Crippen LogP contribution in [0, 0.1) is 11.8 Å². The van der Waals surface area contributed by atoms with Crippen molar-refractivity contribution in [1.82, 2.24) is 10.6 Å².